The third kappa shape index (κ3) is 6.46. The van der Waals surface area contributed by atoms with Crippen LogP contribution < -0.4 is 0 Å². The van der Waals surface area contributed by atoms with E-state index in [1.54, 1.807) is 29.1 Å². The molecule has 2 aromatic rings. The Morgan fingerprint density at radius 1 is 1.24 bits per heavy atom. The van der Waals surface area contributed by atoms with Crippen molar-refractivity contribution in [1.29, 1.82) is 0 Å². The van der Waals surface area contributed by atoms with Crippen molar-refractivity contribution in [1.82, 2.24) is 19.9 Å². The molecule has 34 heavy (non-hydrogen) atoms. The highest BCUT2D eigenvalue weighted by Crippen LogP contribution is 2.39. The minimum atomic E-state index is -0.804. The van der Waals surface area contributed by atoms with Crippen molar-refractivity contribution in [2.75, 3.05) is 13.1 Å². The fraction of sp³-hybridized carbons (Fsp3) is 0.500. The summed E-state index contributed by atoms with van der Waals surface area (Å²) < 4.78 is 16.5. The number of piperidine rings is 1. The predicted molar refractivity (Wildman–Crippen MR) is 133 cm³/mol. The molecule has 10 heteroatoms. The molecule has 1 aromatic carbocycles. The first-order chi connectivity index (χ1) is 15.9. The van der Waals surface area contributed by atoms with Gasteiger partial charge < -0.3 is 5.11 Å². The molecule has 7 nitrogen and oxygen atoms in total. The average molecular weight is 509 g/mol. The van der Waals surface area contributed by atoms with Gasteiger partial charge in [0.25, 0.3) is 0 Å². The number of hydrogen-bond donors (Lipinski definition) is 2. The van der Waals surface area contributed by atoms with Crippen molar-refractivity contribution in [3.05, 3.63) is 53.1 Å². The highest BCUT2D eigenvalue weighted by atomic mass is 35.5. The molecule has 2 unspecified atom stereocenters. The molecular formula is C24H30ClFN4O3S. The van der Waals surface area contributed by atoms with Gasteiger partial charge in [0.15, 0.2) is 5.78 Å². The molecule has 0 radical (unpaired) electrons. The molecule has 184 valence electrons. The van der Waals surface area contributed by atoms with Crippen LogP contribution in [0.1, 0.15) is 55.8 Å². The van der Waals surface area contributed by atoms with E-state index in [2.05, 4.69) is 15.2 Å². The summed E-state index contributed by atoms with van der Waals surface area (Å²) in [4.78, 5) is 26.0. The Balaban J connectivity index is 0.00000324. The van der Waals surface area contributed by atoms with E-state index >= 15 is 0 Å². The number of hydrogen-bond acceptors (Lipinski definition) is 6. The Morgan fingerprint density at radius 2 is 2.00 bits per heavy atom. The molecule has 2 atom stereocenters. The minimum absolute atomic E-state index is 0. The molecular weight excluding hydrogens is 479 g/mol. The maximum absolute atomic E-state index is 14.7. The number of likely N-dealkylation sites (tertiary alicyclic amines) is 1. The normalized spacial score (nSPS) is 20.6. The van der Waals surface area contributed by atoms with Crippen LogP contribution in [0.15, 0.2) is 36.0 Å². The minimum Gasteiger partial charge on any atom is -0.481 e. The first-order valence-electron chi connectivity index (χ1n) is 11.4. The van der Waals surface area contributed by atoms with Gasteiger partial charge >= 0.3 is 5.97 Å². The van der Waals surface area contributed by atoms with E-state index in [9.17, 15) is 14.0 Å². The van der Waals surface area contributed by atoms with Gasteiger partial charge in [0.1, 0.15) is 5.82 Å². The zero-order valence-electron chi connectivity index (χ0n) is 18.8. The number of Topliss-reactive ketones (excluding diaryl/α,β-unsaturated/α-hetero) is 1. The number of nitrogens with zero attached hydrogens (tertiary/aromatic N) is 4. The number of carboxylic acids is 1. The quantitative estimate of drug-likeness (QED) is 0.369. The molecule has 0 bridgehead atoms. The summed E-state index contributed by atoms with van der Waals surface area (Å²) in [7, 11) is 0. The van der Waals surface area contributed by atoms with Crippen LogP contribution in [-0.2, 0) is 16.1 Å². The van der Waals surface area contributed by atoms with Crippen molar-refractivity contribution in [3.8, 4) is 0 Å². The molecule has 1 saturated heterocycles. The number of aromatic nitrogens is 3. The van der Waals surface area contributed by atoms with E-state index < -0.39 is 12.0 Å². The molecule has 2 fully saturated rings. The molecule has 1 saturated carbocycles. The Morgan fingerprint density at radius 3 is 2.71 bits per heavy atom. The molecule has 0 amide bonds. The lowest BCUT2D eigenvalue weighted by molar-refractivity contribution is -0.137. The lowest BCUT2D eigenvalue weighted by Gasteiger charge is -2.37. The second-order valence-electron chi connectivity index (χ2n) is 8.83. The van der Waals surface area contributed by atoms with Crippen LogP contribution in [0.25, 0.3) is 6.08 Å². The van der Waals surface area contributed by atoms with Crippen LogP contribution >= 0.6 is 25.0 Å². The van der Waals surface area contributed by atoms with Crippen molar-refractivity contribution < 1.29 is 19.1 Å². The van der Waals surface area contributed by atoms with Gasteiger partial charge in [-0.3, -0.25) is 14.5 Å². The van der Waals surface area contributed by atoms with Gasteiger partial charge in [0.2, 0.25) is 0 Å². The van der Waals surface area contributed by atoms with Gasteiger partial charge in [-0.15, -0.1) is 17.5 Å². The number of ketones is 1. The topological polar surface area (TPSA) is 88.3 Å². The molecule has 1 N–H and O–H groups in total. The van der Waals surface area contributed by atoms with E-state index in [-0.39, 0.29) is 41.6 Å². The number of carboxylic acid groups (broad SMARTS) is 1. The van der Waals surface area contributed by atoms with Crippen molar-refractivity contribution in [2.24, 2.45) is 5.92 Å². The SMILES string of the molecule is Cl.O=C(O)CCCCn1nncc1/C=C1/CN(C(C(=O)C2CC2)c2ccccc2F)CCC1S. The number of unbranched alkanes of at least 4 members (excludes halogenated alkanes) is 1. The Bertz CT molecular complexity index is 1040. The monoisotopic (exact) mass is 508 g/mol. The van der Waals surface area contributed by atoms with Crippen LogP contribution in [0.4, 0.5) is 4.39 Å². The Kier molecular flexibility index (Phi) is 9.27. The standard InChI is InChI=1S/C24H29FN4O3S.ClH/c25-20-6-2-1-5-19(20)23(24(32)16-8-9-16)28-12-10-21(33)17(15-28)13-18-14-26-27-29(18)11-4-3-7-22(30)31;/h1-2,5-6,13-14,16,21,23,33H,3-4,7-12,15H2,(H,30,31);1H/b17-13-;. The summed E-state index contributed by atoms with van der Waals surface area (Å²) in [5, 5.41) is 17.0. The zero-order chi connectivity index (χ0) is 23.4. The molecule has 1 aromatic heterocycles. The lowest BCUT2D eigenvalue weighted by atomic mass is 9.93. The molecule has 4 rings (SSSR count). The number of halogens is 2. The van der Waals surface area contributed by atoms with E-state index in [1.165, 1.54) is 6.07 Å². The summed E-state index contributed by atoms with van der Waals surface area (Å²) in [5.41, 5.74) is 2.29. The first kappa shape index (κ1) is 26.4. The molecule has 2 aliphatic rings. The van der Waals surface area contributed by atoms with Gasteiger partial charge in [-0.2, -0.15) is 12.6 Å². The van der Waals surface area contributed by atoms with Crippen LogP contribution in [-0.4, -0.2) is 55.1 Å². The number of carbonyl (C=O) groups is 2. The van der Waals surface area contributed by atoms with E-state index in [4.69, 9.17) is 17.7 Å². The number of rotatable bonds is 10. The molecule has 1 aliphatic carbocycles. The maximum Gasteiger partial charge on any atom is 0.303 e. The summed E-state index contributed by atoms with van der Waals surface area (Å²) in [6.45, 7) is 1.75. The third-order valence-electron chi connectivity index (χ3n) is 6.31. The summed E-state index contributed by atoms with van der Waals surface area (Å²) >= 11 is 4.76. The second kappa shape index (κ2) is 12.0. The number of aliphatic carboxylic acids is 1. The second-order valence-corrected chi connectivity index (χ2v) is 9.45. The summed E-state index contributed by atoms with van der Waals surface area (Å²) in [6.07, 6.45) is 7.57. The number of thiol groups is 1. The fourth-order valence-electron chi connectivity index (χ4n) is 4.35. The van der Waals surface area contributed by atoms with E-state index in [0.717, 1.165) is 30.5 Å². The van der Waals surface area contributed by atoms with Crippen LogP contribution in [0, 0.1) is 11.7 Å². The van der Waals surface area contributed by atoms with Gasteiger partial charge in [0, 0.05) is 42.8 Å². The van der Waals surface area contributed by atoms with Crippen molar-refractivity contribution in [2.45, 2.75) is 56.4 Å². The molecule has 2 heterocycles. The molecule has 1 aliphatic heterocycles. The van der Waals surface area contributed by atoms with E-state index in [0.29, 0.717) is 38.0 Å². The lowest BCUT2D eigenvalue weighted by Crippen LogP contribution is -2.42. The molecule has 0 spiro atoms. The number of aryl methyl sites for hydroxylation is 1. The Labute approximate surface area is 210 Å². The fourth-order valence-corrected chi connectivity index (χ4v) is 4.62. The van der Waals surface area contributed by atoms with Crippen LogP contribution in [0.5, 0.6) is 0 Å². The largest absolute Gasteiger partial charge is 0.481 e. The highest BCUT2D eigenvalue weighted by Gasteiger charge is 2.40. The summed E-state index contributed by atoms with van der Waals surface area (Å²) in [6, 6.07) is 5.96. The third-order valence-corrected chi connectivity index (χ3v) is 6.90. The predicted octanol–water partition coefficient (Wildman–Crippen LogP) is 4.20. The van der Waals surface area contributed by atoms with E-state index in [1.807, 2.05) is 6.08 Å². The van der Waals surface area contributed by atoms with Crippen molar-refractivity contribution in [3.63, 3.8) is 0 Å². The maximum atomic E-state index is 14.7. The highest BCUT2D eigenvalue weighted by molar-refractivity contribution is 7.81. The zero-order valence-corrected chi connectivity index (χ0v) is 20.6. The Hall–Kier alpha value is -2.23. The van der Waals surface area contributed by atoms with Gasteiger partial charge in [0.05, 0.1) is 17.9 Å². The van der Waals surface area contributed by atoms with Crippen LogP contribution in [0.2, 0.25) is 0 Å². The van der Waals surface area contributed by atoms with Gasteiger partial charge in [-0.05, 0) is 49.8 Å². The smallest absolute Gasteiger partial charge is 0.303 e. The number of benzene rings is 1. The van der Waals surface area contributed by atoms with Gasteiger partial charge in [-0.1, -0.05) is 23.4 Å². The van der Waals surface area contributed by atoms with Crippen LogP contribution in [0.3, 0.4) is 0 Å². The first-order valence-corrected chi connectivity index (χ1v) is 12.0. The summed E-state index contributed by atoms with van der Waals surface area (Å²) in [5.74, 6) is -1.03. The van der Waals surface area contributed by atoms with Gasteiger partial charge in [-0.25, -0.2) is 9.07 Å². The van der Waals surface area contributed by atoms with Crippen molar-refractivity contribution >= 4 is 42.9 Å². The number of carbonyl (C=O) groups excluding carboxylic acids is 1. The average Bonchev–Trinajstić information content (AvgIpc) is 3.55.